The van der Waals surface area contributed by atoms with Crippen LogP contribution in [0.1, 0.15) is 33.5 Å². The number of benzene rings is 2. The van der Waals surface area contributed by atoms with Gasteiger partial charge in [0.05, 0.1) is 5.56 Å². The quantitative estimate of drug-likeness (QED) is 0.890. The van der Waals surface area contributed by atoms with Gasteiger partial charge >= 0.3 is 5.97 Å². The summed E-state index contributed by atoms with van der Waals surface area (Å²) in [5, 5.41) is 8.86. The first-order valence-electron chi connectivity index (χ1n) is 7.57. The summed E-state index contributed by atoms with van der Waals surface area (Å²) in [6.45, 7) is 2.63. The van der Waals surface area contributed by atoms with Crippen molar-refractivity contribution < 1.29 is 14.7 Å². The Labute approximate surface area is 136 Å². The van der Waals surface area contributed by atoms with Gasteiger partial charge in [-0.25, -0.2) is 4.79 Å². The number of carbonyl (C=O) groups is 2. The highest BCUT2D eigenvalue weighted by atomic mass is 16.4. The molecule has 0 aliphatic rings. The highest BCUT2D eigenvalue weighted by Gasteiger charge is 2.10. The monoisotopic (exact) mass is 311 g/mol. The van der Waals surface area contributed by atoms with Crippen LogP contribution in [0.2, 0.25) is 0 Å². The first-order valence-corrected chi connectivity index (χ1v) is 7.57. The average Bonchev–Trinajstić information content (AvgIpc) is 2.55. The zero-order chi connectivity index (χ0) is 16.8. The Kier molecular flexibility index (Phi) is 5.52. The van der Waals surface area contributed by atoms with Gasteiger partial charge in [0, 0.05) is 20.0 Å². The number of carboxylic acids is 1. The average molecular weight is 311 g/mol. The van der Waals surface area contributed by atoms with Gasteiger partial charge in [-0.15, -0.1) is 0 Å². The van der Waals surface area contributed by atoms with E-state index in [1.54, 1.807) is 36.2 Å². The predicted octanol–water partition coefficient (Wildman–Crippen LogP) is 3.28. The molecule has 1 N–H and O–H groups in total. The molecule has 0 fully saturated rings. The number of aromatic carboxylic acids is 1. The molecule has 0 aromatic heterocycles. The second kappa shape index (κ2) is 7.58. The maximum atomic E-state index is 12.2. The maximum Gasteiger partial charge on any atom is 0.335 e. The molecule has 2 rings (SSSR count). The molecule has 4 heteroatoms. The third-order valence-corrected chi connectivity index (χ3v) is 3.79. The molecule has 0 atom stereocenters. The van der Waals surface area contributed by atoms with Crippen LogP contribution in [0.25, 0.3) is 0 Å². The summed E-state index contributed by atoms with van der Waals surface area (Å²) >= 11 is 0. The summed E-state index contributed by atoms with van der Waals surface area (Å²) in [7, 11) is 1.80. The highest BCUT2D eigenvalue weighted by Crippen LogP contribution is 2.10. The maximum absolute atomic E-state index is 12.2. The lowest BCUT2D eigenvalue weighted by atomic mass is 10.1. The smallest absolute Gasteiger partial charge is 0.335 e. The molecule has 23 heavy (non-hydrogen) atoms. The molecule has 0 radical (unpaired) electrons. The second-order valence-electron chi connectivity index (χ2n) is 5.74. The summed E-state index contributed by atoms with van der Waals surface area (Å²) < 4.78 is 0. The van der Waals surface area contributed by atoms with E-state index in [1.807, 2.05) is 31.2 Å². The number of hydrogen-bond donors (Lipinski definition) is 1. The van der Waals surface area contributed by atoms with Crippen molar-refractivity contribution in [1.29, 1.82) is 0 Å². The molecule has 0 saturated carbocycles. The van der Waals surface area contributed by atoms with E-state index in [2.05, 4.69) is 0 Å². The Balaban J connectivity index is 1.86. The lowest BCUT2D eigenvalue weighted by Crippen LogP contribution is -2.26. The van der Waals surface area contributed by atoms with E-state index in [9.17, 15) is 9.59 Å². The number of aryl methyl sites for hydroxylation is 2. The third-order valence-electron chi connectivity index (χ3n) is 3.79. The van der Waals surface area contributed by atoms with E-state index in [0.717, 1.165) is 11.1 Å². The van der Waals surface area contributed by atoms with Crippen molar-refractivity contribution in [2.24, 2.45) is 0 Å². The predicted molar refractivity (Wildman–Crippen MR) is 89.4 cm³/mol. The molecular formula is C19H21NO3. The molecule has 2 aromatic rings. The van der Waals surface area contributed by atoms with Crippen LogP contribution in [0.4, 0.5) is 0 Å². The zero-order valence-corrected chi connectivity index (χ0v) is 13.5. The fourth-order valence-electron chi connectivity index (χ4n) is 2.31. The van der Waals surface area contributed by atoms with Crippen LogP contribution < -0.4 is 0 Å². The number of carboxylic acid groups (broad SMARTS) is 1. The third kappa shape index (κ3) is 4.95. The molecule has 0 aliphatic heterocycles. The van der Waals surface area contributed by atoms with Crippen molar-refractivity contribution >= 4 is 11.9 Å². The van der Waals surface area contributed by atoms with Crippen LogP contribution in [-0.2, 0) is 17.8 Å². The molecule has 2 aromatic carbocycles. The molecule has 0 bridgehead atoms. The van der Waals surface area contributed by atoms with Gasteiger partial charge in [0.2, 0.25) is 5.91 Å². The van der Waals surface area contributed by atoms with Gasteiger partial charge in [0.15, 0.2) is 0 Å². The lowest BCUT2D eigenvalue weighted by molar-refractivity contribution is -0.130. The highest BCUT2D eigenvalue weighted by molar-refractivity contribution is 5.87. The van der Waals surface area contributed by atoms with Crippen molar-refractivity contribution in [2.45, 2.75) is 26.3 Å². The largest absolute Gasteiger partial charge is 0.478 e. The fraction of sp³-hybridized carbons (Fsp3) is 0.263. The Morgan fingerprint density at radius 3 is 2.09 bits per heavy atom. The van der Waals surface area contributed by atoms with Gasteiger partial charge < -0.3 is 10.0 Å². The van der Waals surface area contributed by atoms with Crippen molar-refractivity contribution in [3.63, 3.8) is 0 Å². The first kappa shape index (κ1) is 16.7. The van der Waals surface area contributed by atoms with E-state index in [4.69, 9.17) is 5.11 Å². The fourth-order valence-corrected chi connectivity index (χ4v) is 2.31. The van der Waals surface area contributed by atoms with Crippen molar-refractivity contribution in [2.75, 3.05) is 7.05 Å². The Bertz CT molecular complexity index is 675. The van der Waals surface area contributed by atoms with Gasteiger partial charge in [-0.2, -0.15) is 0 Å². The zero-order valence-electron chi connectivity index (χ0n) is 13.5. The normalized spacial score (nSPS) is 10.3. The lowest BCUT2D eigenvalue weighted by Gasteiger charge is -2.17. The molecule has 0 spiro atoms. The van der Waals surface area contributed by atoms with Crippen LogP contribution >= 0.6 is 0 Å². The topological polar surface area (TPSA) is 57.6 Å². The summed E-state index contributed by atoms with van der Waals surface area (Å²) in [6.07, 6.45) is 1.02. The molecule has 0 heterocycles. The van der Waals surface area contributed by atoms with E-state index < -0.39 is 5.97 Å². The van der Waals surface area contributed by atoms with Crippen molar-refractivity contribution in [3.8, 4) is 0 Å². The molecule has 0 saturated heterocycles. The van der Waals surface area contributed by atoms with Gasteiger partial charge in [-0.1, -0.05) is 42.0 Å². The summed E-state index contributed by atoms with van der Waals surface area (Å²) in [5.74, 6) is -0.863. The van der Waals surface area contributed by atoms with E-state index in [0.29, 0.717) is 19.4 Å². The molecule has 0 aliphatic carbocycles. The van der Waals surface area contributed by atoms with Gasteiger partial charge in [-0.3, -0.25) is 4.79 Å². The summed E-state index contributed by atoms with van der Waals surface area (Å²) in [6, 6.07) is 14.8. The molecule has 0 unspecified atom stereocenters. The minimum absolute atomic E-state index is 0.0767. The van der Waals surface area contributed by atoms with E-state index >= 15 is 0 Å². The van der Waals surface area contributed by atoms with Crippen LogP contribution in [0, 0.1) is 6.92 Å². The number of carbonyl (C=O) groups excluding carboxylic acids is 1. The summed E-state index contributed by atoms with van der Waals surface area (Å²) in [5.41, 5.74) is 3.54. The Morgan fingerprint density at radius 1 is 0.957 bits per heavy atom. The number of amides is 1. The van der Waals surface area contributed by atoms with Crippen molar-refractivity contribution in [1.82, 2.24) is 4.90 Å². The van der Waals surface area contributed by atoms with Gasteiger partial charge in [-0.05, 0) is 36.6 Å². The summed E-state index contributed by atoms with van der Waals surface area (Å²) in [4.78, 5) is 24.7. The molecule has 1 amide bonds. The number of hydrogen-bond acceptors (Lipinski definition) is 2. The molecule has 4 nitrogen and oxygen atoms in total. The number of rotatable bonds is 6. The first-order chi connectivity index (χ1) is 11.0. The van der Waals surface area contributed by atoms with Crippen molar-refractivity contribution in [3.05, 3.63) is 70.8 Å². The van der Waals surface area contributed by atoms with Crippen LogP contribution in [-0.4, -0.2) is 28.9 Å². The van der Waals surface area contributed by atoms with Crippen LogP contribution in [0.5, 0.6) is 0 Å². The molecular weight excluding hydrogens is 290 g/mol. The van der Waals surface area contributed by atoms with Crippen LogP contribution in [0.15, 0.2) is 48.5 Å². The molecule has 120 valence electrons. The van der Waals surface area contributed by atoms with Crippen LogP contribution in [0.3, 0.4) is 0 Å². The Hall–Kier alpha value is -2.62. The second-order valence-corrected chi connectivity index (χ2v) is 5.74. The Morgan fingerprint density at radius 2 is 1.52 bits per heavy atom. The van der Waals surface area contributed by atoms with Gasteiger partial charge in [0.1, 0.15) is 0 Å². The van der Waals surface area contributed by atoms with E-state index in [1.165, 1.54) is 5.56 Å². The minimum atomic E-state index is -0.939. The van der Waals surface area contributed by atoms with E-state index in [-0.39, 0.29) is 11.5 Å². The minimum Gasteiger partial charge on any atom is -0.478 e. The standard InChI is InChI=1S/C19H21NO3/c1-14-3-5-16(6-4-14)13-20(2)18(21)12-9-15-7-10-17(11-8-15)19(22)23/h3-8,10-11H,9,12-13H2,1-2H3,(H,22,23). The van der Waals surface area contributed by atoms with Gasteiger partial charge in [0.25, 0.3) is 0 Å². The SMILES string of the molecule is Cc1ccc(CN(C)C(=O)CCc2ccc(C(=O)O)cc2)cc1. The number of nitrogens with zero attached hydrogens (tertiary/aromatic N) is 1.